The highest BCUT2D eigenvalue weighted by molar-refractivity contribution is 7.91. The van der Waals surface area contributed by atoms with Crippen molar-refractivity contribution in [2.45, 2.75) is 38.6 Å². The highest BCUT2D eigenvalue weighted by Gasteiger charge is 2.33. The molecule has 0 unspecified atom stereocenters. The Labute approximate surface area is 171 Å². The molecule has 2 aromatic rings. The van der Waals surface area contributed by atoms with Crippen LogP contribution in [0, 0.1) is 0 Å². The van der Waals surface area contributed by atoms with Crippen molar-refractivity contribution in [3.8, 4) is 11.5 Å². The molecule has 1 aliphatic heterocycles. The number of aromatic nitrogens is 2. The molecule has 0 radical (unpaired) electrons. The van der Waals surface area contributed by atoms with Crippen LogP contribution in [-0.4, -0.2) is 49.8 Å². The molecular weight excluding hydrogens is 394 g/mol. The van der Waals surface area contributed by atoms with E-state index in [-0.39, 0.29) is 28.9 Å². The topological polar surface area (TPSA) is 99.5 Å². The number of ether oxygens (including phenoxy) is 2. The van der Waals surface area contributed by atoms with E-state index in [1.54, 1.807) is 28.9 Å². The van der Waals surface area contributed by atoms with Crippen molar-refractivity contribution in [2.75, 3.05) is 31.0 Å². The molecule has 3 rings (SSSR count). The van der Waals surface area contributed by atoms with Gasteiger partial charge in [-0.05, 0) is 24.6 Å². The molecule has 0 spiro atoms. The Hall–Kier alpha value is -2.55. The van der Waals surface area contributed by atoms with Crippen LogP contribution in [-0.2, 0) is 15.3 Å². The molecule has 1 N–H and O–H groups in total. The summed E-state index contributed by atoms with van der Waals surface area (Å²) in [6, 6.07) is 6.46. The number of sulfone groups is 1. The maximum atomic E-state index is 13.0. The zero-order chi connectivity index (χ0) is 21.4. The van der Waals surface area contributed by atoms with Crippen LogP contribution in [0.2, 0.25) is 0 Å². The summed E-state index contributed by atoms with van der Waals surface area (Å²) < 4.78 is 36.1. The molecule has 0 saturated carbocycles. The fourth-order valence-corrected chi connectivity index (χ4v) is 4.97. The quantitative estimate of drug-likeness (QED) is 0.797. The summed E-state index contributed by atoms with van der Waals surface area (Å²) in [7, 11) is -0.0844. The number of nitrogens with zero attached hydrogens (tertiary/aromatic N) is 2. The number of hydrogen-bond donors (Lipinski definition) is 1. The molecule has 29 heavy (non-hydrogen) atoms. The molecule has 9 heteroatoms. The molecule has 1 aromatic carbocycles. The second-order valence-electron chi connectivity index (χ2n) is 8.19. The molecule has 1 atom stereocenters. The Bertz CT molecular complexity index is 1020. The van der Waals surface area contributed by atoms with Crippen molar-refractivity contribution in [3.63, 3.8) is 0 Å². The lowest BCUT2D eigenvalue weighted by molar-refractivity contribution is 0.102. The average molecular weight is 422 g/mol. The minimum absolute atomic E-state index is 0.0175. The Morgan fingerprint density at radius 1 is 1.21 bits per heavy atom. The largest absolute Gasteiger partial charge is 0.497 e. The smallest absolute Gasteiger partial charge is 0.260 e. The first-order valence-corrected chi connectivity index (χ1v) is 11.2. The molecule has 1 amide bonds. The maximum absolute atomic E-state index is 13.0. The van der Waals surface area contributed by atoms with Crippen molar-refractivity contribution in [1.29, 1.82) is 0 Å². The van der Waals surface area contributed by atoms with E-state index < -0.39 is 9.84 Å². The number of hydrogen-bond acceptors (Lipinski definition) is 6. The first-order chi connectivity index (χ1) is 13.5. The summed E-state index contributed by atoms with van der Waals surface area (Å²) in [4.78, 5) is 13.0. The van der Waals surface area contributed by atoms with E-state index in [1.165, 1.54) is 14.2 Å². The van der Waals surface area contributed by atoms with Gasteiger partial charge in [0, 0.05) is 11.5 Å². The van der Waals surface area contributed by atoms with Gasteiger partial charge in [-0.2, -0.15) is 5.10 Å². The van der Waals surface area contributed by atoms with E-state index >= 15 is 0 Å². The molecular formula is C20H27N3O5S. The fourth-order valence-electron chi connectivity index (χ4n) is 3.28. The molecule has 1 fully saturated rings. The van der Waals surface area contributed by atoms with E-state index in [2.05, 4.69) is 10.4 Å². The number of nitrogens with one attached hydrogen (secondary N) is 1. The second kappa shape index (κ2) is 7.70. The van der Waals surface area contributed by atoms with Crippen LogP contribution < -0.4 is 14.8 Å². The van der Waals surface area contributed by atoms with Gasteiger partial charge in [-0.1, -0.05) is 20.8 Å². The van der Waals surface area contributed by atoms with Crippen molar-refractivity contribution >= 4 is 21.6 Å². The van der Waals surface area contributed by atoms with Crippen molar-refractivity contribution in [2.24, 2.45) is 0 Å². The minimum atomic E-state index is -3.10. The van der Waals surface area contributed by atoms with Crippen LogP contribution in [0.15, 0.2) is 24.3 Å². The van der Waals surface area contributed by atoms with Crippen molar-refractivity contribution < 1.29 is 22.7 Å². The monoisotopic (exact) mass is 421 g/mol. The van der Waals surface area contributed by atoms with Crippen molar-refractivity contribution in [3.05, 3.63) is 35.5 Å². The van der Waals surface area contributed by atoms with E-state index in [9.17, 15) is 13.2 Å². The Morgan fingerprint density at radius 2 is 1.93 bits per heavy atom. The van der Waals surface area contributed by atoms with E-state index in [1.807, 2.05) is 20.8 Å². The van der Waals surface area contributed by atoms with E-state index in [4.69, 9.17) is 9.47 Å². The lowest BCUT2D eigenvalue weighted by Crippen LogP contribution is -2.20. The molecule has 0 aliphatic carbocycles. The number of methoxy groups -OCH3 is 2. The predicted molar refractivity (Wildman–Crippen MR) is 111 cm³/mol. The third kappa shape index (κ3) is 4.55. The summed E-state index contributed by atoms with van der Waals surface area (Å²) in [6.07, 6.45) is 0.471. The average Bonchev–Trinajstić information content (AvgIpc) is 3.23. The van der Waals surface area contributed by atoms with Crippen LogP contribution in [0.3, 0.4) is 0 Å². The first kappa shape index (κ1) is 21.2. The van der Waals surface area contributed by atoms with Gasteiger partial charge < -0.3 is 14.8 Å². The van der Waals surface area contributed by atoms with E-state index in [0.717, 1.165) is 5.69 Å². The molecule has 8 nitrogen and oxygen atoms in total. The predicted octanol–water partition coefficient (Wildman–Crippen LogP) is 2.81. The van der Waals surface area contributed by atoms with Gasteiger partial charge in [-0.25, -0.2) is 13.1 Å². The van der Waals surface area contributed by atoms with Gasteiger partial charge in [0.1, 0.15) is 17.3 Å². The highest BCUT2D eigenvalue weighted by Crippen LogP contribution is 2.32. The number of amides is 1. The van der Waals surface area contributed by atoms with Gasteiger partial charge in [0.2, 0.25) is 0 Å². The molecule has 1 saturated heterocycles. The van der Waals surface area contributed by atoms with Gasteiger partial charge in [0.05, 0.1) is 43.0 Å². The summed E-state index contributed by atoms with van der Waals surface area (Å²) in [5, 5.41) is 7.51. The van der Waals surface area contributed by atoms with Crippen LogP contribution in [0.4, 0.5) is 5.82 Å². The summed E-state index contributed by atoms with van der Waals surface area (Å²) in [6.45, 7) is 6.05. The standard InChI is InChI=1S/C20H27N3O5S/c1-20(2,3)17-11-18(23(22-17)13-8-9-29(25,26)12-13)21-19(24)15-10-14(27-4)6-7-16(15)28-5/h6-7,10-11,13H,8-9,12H2,1-5H3,(H,21,24)/t13-/m1/s1. The molecule has 158 valence electrons. The van der Waals surface area contributed by atoms with E-state index in [0.29, 0.717) is 29.3 Å². The van der Waals surface area contributed by atoms with Crippen molar-refractivity contribution in [1.82, 2.24) is 9.78 Å². The molecule has 1 aliphatic rings. The normalized spacial score (nSPS) is 18.4. The number of carbonyl (C=O) groups excluding carboxylic acids is 1. The lowest BCUT2D eigenvalue weighted by Gasteiger charge is -2.16. The SMILES string of the molecule is COc1ccc(OC)c(C(=O)Nc2cc(C(C)(C)C)nn2[C@@H]2CCS(=O)(=O)C2)c1. The van der Waals surface area contributed by atoms with Gasteiger partial charge in [0.25, 0.3) is 5.91 Å². The van der Waals surface area contributed by atoms with Crippen LogP contribution in [0.25, 0.3) is 0 Å². The highest BCUT2D eigenvalue weighted by atomic mass is 32.2. The summed E-state index contributed by atoms with van der Waals surface area (Å²) in [5.74, 6) is 1.16. The third-order valence-corrected chi connectivity index (χ3v) is 6.70. The minimum Gasteiger partial charge on any atom is -0.497 e. The molecule has 1 aromatic heterocycles. The first-order valence-electron chi connectivity index (χ1n) is 9.38. The number of carbonyl (C=O) groups is 1. The Balaban J connectivity index is 1.98. The Morgan fingerprint density at radius 3 is 2.48 bits per heavy atom. The van der Waals surface area contributed by atoms with Gasteiger partial charge >= 0.3 is 0 Å². The van der Waals surface area contributed by atoms with Crippen LogP contribution in [0.1, 0.15) is 49.3 Å². The van der Waals surface area contributed by atoms with Gasteiger partial charge in [0.15, 0.2) is 9.84 Å². The summed E-state index contributed by atoms with van der Waals surface area (Å²) >= 11 is 0. The molecule has 2 heterocycles. The number of anilines is 1. The maximum Gasteiger partial charge on any atom is 0.260 e. The zero-order valence-corrected chi connectivity index (χ0v) is 18.2. The van der Waals surface area contributed by atoms with Gasteiger partial charge in [-0.3, -0.25) is 4.79 Å². The third-order valence-electron chi connectivity index (χ3n) is 4.95. The van der Waals surface area contributed by atoms with Crippen LogP contribution >= 0.6 is 0 Å². The number of benzene rings is 1. The zero-order valence-electron chi connectivity index (χ0n) is 17.4. The van der Waals surface area contributed by atoms with Crippen LogP contribution in [0.5, 0.6) is 11.5 Å². The summed E-state index contributed by atoms with van der Waals surface area (Å²) in [5.41, 5.74) is 0.834. The lowest BCUT2D eigenvalue weighted by atomic mass is 9.92. The van der Waals surface area contributed by atoms with Gasteiger partial charge in [-0.15, -0.1) is 0 Å². The molecule has 0 bridgehead atoms. The Kier molecular flexibility index (Phi) is 5.62. The fraction of sp³-hybridized carbons (Fsp3) is 0.500. The number of rotatable bonds is 5. The second-order valence-corrected chi connectivity index (χ2v) is 10.4.